The summed E-state index contributed by atoms with van der Waals surface area (Å²) in [5.74, 6) is 0.406. The van der Waals surface area contributed by atoms with E-state index in [0.29, 0.717) is 27.1 Å². The standard InChI is InChI=1S/C11H7Br3FNO/c12-7-2-1-3-9(15)10(7)16-5-6-4-8(13)11(14)17-6/h1-4,16H,5H2. The van der Waals surface area contributed by atoms with Crippen LogP contribution in [0.5, 0.6) is 0 Å². The van der Waals surface area contributed by atoms with Crippen LogP contribution in [0.25, 0.3) is 0 Å². The van der Waals surface area contributed by atoms with Crippen LogP contribution < -0.4 is 5.32 Å². The van der Waals surface area contributed by atoms with E-state index in [1.807, 2.05) is 6.07 Å². The highest BCUT2D eigenvalue weighted by Gasteiger charge is 2.09. The Labute approximate surface area is 123 Å². The zero-order valence-corrected chi connectivity index (χ0v) is 13.2. The first kappa shape index (κ1) is 13.1. The van der Waals surface area contributed by atoms with Gasteiger partial charge in [0.15, 0.2) is 4.67 Å². The first-order chi connectivity index (χ1) is 8.08. The zero-order chi connectivity index (χ0) is 12.4. The van der Waals surface area contributed by atoms with Crippen LogP contribution in [0.2, 0.25) is 0 Å². The number of anilines is 1. The largest absolute Gasteiger partial charge is 0.451 e. The molecule has 17 heavy (non-hydrogen) atoms. The molecule has 2 rings (SSSR count). The number of rotatable bonds is 3. The van der Waals surface area contributed by atoms with Crippen molar-refractivity contribution in [2.45, 2.75) is 6.54 Å². The van der Waals surface area contributed by atoms with Crippen molar-refractivity contribution in [3.05, 3.63) is 49.5 Å². The van der Waals surface area contributed by atoms with Crippen LogP contribution in [-0.2, 0) is 6.54 Å². The molecule has 0 radical (unpaired) electrons. The van der Waals surface area contributed by atoms with Gasteiger partial charge in [-0.15, -0.1) is 0 Å². The third kappa shape index (κ3) is 3.11. The van der Waals surface area contributed by atoms with E-state index in [-0.39, 0.29) is 5.82 Å². The van der Waals surface area contributed by atoms with E-state index in [0.717, 1.165) is 4.47 Å². The van der Waals surface area contributed by atoms with Crippen LogP contribution in [0.4, 0.5) is 10.1 Å². The lowest BCUT2D eigenvalue weighted by Gasteiger charge is -2.07. The molecule has 1 aromatic heterocycles. The summed E-state index contributed by atoms with van der Waals surface area (Å²) in [5.41, 5.74) is 0.427. The Hall–Kier alpha value is -0.330. The van der Waals surface area contributed by atoms with Crippen molar-refractivity contribution in [1.29, 1.82) is 0 Å². The van der Waals surface area contributed by atoms with Crippen LogP contribution in [-0.4, -0.2) is 0 Å². The highest BCUT2D eigenvalue weighted by atomic mass is 79.9. The molecule has 2 aromatic rings. The third-order valence-corrected chi connectivity index (χ3v) is 4.47. The predicted molar refractivity (Wildman–Crippen MR) is 75.5 cm³/mol. The first-order valence-corrected chi connectivity index (χ1v) is 7.07. The topological polar surface area (TPSA) is 25.2 Å². The molecule has 0 aliphatic carbocycles. The highest BCUT2D eigenvalue weighted by molar-refractivity contribution is 9.13. The second-order valence-corrected chi connectivity index (χ2v) is 5.71. The Bertz CT molecular complexity index is 502. The smallest absolute Gasteiger partial charge is 0.183 e. The highest BCUT2D eigenvalue weighted by Crippen LogP contribution is 2.29. The van der Waals surface area contributed by atoms with Gasteiger partial charge in [0, 0.05) is 4.47 Å². The van der Waals surface area contributed by atoms with Crippen LogP contribution >= 0.6 is 47.8 Å². The molecule has 1 heterocycles. The molecule has 0 saturated carbocycles. The number of furan rings is 1. The molecule has 2 nitrogen and oxygen atoms in total. The summed E-state index contributed by atoms with van der Waals surface area (Å²) in [6, 6.07) is 6.65. The van der Waals surface area contributed by atoms with Crippen molar-refractivity contribution in [2.75, 3.05) is 5.32 Å². The maximum atomic E-state index is 13.5. The fraction of sp³-hybridized carbons (Fsp3) is 0.0909. The van der Waals surface area contributed by atoms with E-state index < -0.39 is 0 Å². The summed E-state index contributed by atoms with van der Waals surface area (Å²) >= 11 is 9.85. The first-order valence-electron chi connectivity index (χ1n) is 4.69. The van der Waals surface area contributed by atoms with Gasteiger partial charge in [-0.3, -0.25) is 0 Å². The maximum absolute atomic E-state index is 13.5. The molecule has 0 bridgehead atoms. The molecule has 0 aliphatic rings. The van der Waals surface area contributed by atoms with Gasteiger partial charge in [-0.05, 0) is 66.0 Å². The van der Waals surface area contributed by atoms with Crippen LogP contribution in [0.3, 0.4) is 0 Å². The summed E-state index contributed by atoms with van der Waals surface area (Å²) in [5, 5.41) is 2.98. The number of benzene rings is 1. The maximum Gasteiger partial charge on any atom is 0.183 e. The Kier molecular flexibility index (Phi) is 4.27. The van der Waals surface area contributed by atoms with E-state index in [9.17, 15) is 4.39 Å². The molecule has 0 atom stereocenters. The molecular weight excluding hydrogens is 421 g/mol. The summed E-state index contributed by atoms with van der Waals surface area (Å²) in [6.45, 7) is 0.406. The molecule has 1 aromatic carbocycles. The summed E-state index contributed by atoms with van der Waals surface area (Å²) in [6.07, 6.45) is 0. The number of para-hydroxylation sites is 1. The summed E-state index contributed by atoms with van der Waals surface area (Å²) < 4.78 is 21.0. The van der Waals surface area contributed by atoms with Gasteiger partial charge in [0.05, 0.1) is 16.7 Å². The average Bonchev–Trinajstić information content (AvgIpc) is 2.58. The van der Waals surface area contributed by atoms with Crippen LogP contribution in [0.15, 0.2) is 42.3 Å². The molecule has 0 unspecified atom stereocenters. The molecule has 0 fully saturated rings. The van der Waals surface area contributed by atoms with E-state index in [2.05, 4.69) is 53.1 Å². The fourth-order valence-electron chi connectivity index (χ4n) is 1.32. The molecule has 90 valence electrons. The van der Waals surface area contributed by atoms with E-state index in [1.165, 1.54) is 6.07 Å². The van der Waals surface area contributed by atoms with E-state index in [1.54, 1.807) is 12.1 Å². The summed E-state index contributed by atoms with van der Waals surface area (Å²) in [7, 11) is 0. The van der Waals surface area contributed by atoms with Gasteiger partial charge in [0.1, 0.15) is 11.6 Å². The van der Waals surface area contributed by atoms with Crippen molar-refractivity contribution < 1.29 is 8.81 Å². The second kappa shape index (κ2) is 5.54. The van der Waals surface area contributed by atoms with Crippen molar-refractivity contribution in [2.24, 2.45) is 0 Å². The summed E-state index contributed by atoms with van der Waals surface area (Å²) in [4.78, 5) is 0. The van der Waals surface area contributed by atoms with Crippen LogP contribution in [0.1, 0.15) is 5.76 Å². The minimum Gasteiger partial charge on any atom is -0.451 e. The van der Waals surface area contributed by atoms with Crippen molar-refractivity contribution in [1.82, 2.24) is 0 Å². The lowest BCUT2D eigenvalue weighted by atomic mass is 10.3. The third-order valence-electron chi connectivity index (χ3n) is 2.10. The lowest BCUT2D eigenvalue weighted by molar-refractivity contribution is 0.493. The van der Waals surface area contributed by atoms with Crippen molar-refractivity contribution in [3.8, 4) is 0 Å². The van der Waals surface area contributed by atoms with Gasteiger partial charge >= 0.3 is 0 Å². The molecule has 0 spiro atoms. The normalized spacial score (nSPS) is 10.6. The number of hydrogen-bond acceptors (Lipinski definition) is 2. The SMILES string of the molecule is Fc1cccc(Br)c1NCc1cc(Br)c(Br)o1. The van der Waals surface area contributed by atoms with Gasteiger partial charge in [-0.25, -0.2) is 4.39 Å². The monoisotopic (exact) mass is 425 g/mol. The Morgan fingerprint density at radius 3 is 2.53 bits per heavy atom. The van der Waals surface area contributed by atoms with Gasteiger partial charge in [-0.1, -0.05) is 6.07 Å². The Balaban J connectivity index is 2.12. The van der Waals surface area contributed by atoms with E-state index >= 15 is 0 Å². The predicted octanol–water partition coefficient (Wildman–Crippen LogP) is 5.32. The minimum atomic E-state index is -0.302. The molecular formula is C11H7Br3FNO. The quantitative estimate of drug-likeness (QED) is 0.717. The van der Waals surface area contributed by atoms with Gasteiger partial charge in [0.2, 0.25) is 0 Å². The van der Waals surface area contributed by atoms with Crippen molar-refractivity contribution in [3.63, 3.8) is 0 Å². The molecule has 0 saturated heterocycles. The molecule has 0 aliphatic heterocycles. The minimum absolute atomic E-state index is 0.302. The Morgan fingerprint density at radius 2 is 1.94 bits per heavy atom. The number of nitrogens with one attached hydrogen (secondary N) is 1. The number of hydrogen-bond donors (Lipinski definition) is 1. The Morgan fingerprint density at radius 1 is 1.18 bits per heavy atom. The molecule has 6 heteroatoms. The molecule has 0 amide bonds. The van der Waals surface area contributed by atoms with Gasteiger partial charge in [0.25, 0.3) is 0 Å². The van der Waals surface area contributed by atoms with Crippen LogP contribution in [0, 0.1) is 5.82 Å². The van der Waals surface area contributed by atoms with Gasteiger partial charge in [-0.2, -0.15) is 0 Å². The van der Waals surface area contributed by atoms with E-state index in [4.69, 9.17) is 4.42 Å². The van der Waals surface area contributed by atoms with Crippen molar-refractivity contribution >= 4 is 53.5 Å². The second-order valence-electron chi connectivity index (χ2n) is 3.28. The molecule has 1 N–H and O–H groups in total. The fourth-order valence-corrected chi connectivity index (χ4v) is 2.46. The van der Waals surface area contributed by atoms with Gasteiger partial charge < -0.3 is 9.73 Å². The zero-order valence-electron chi connectivity index (χ0n) is 8.44. The lowest BCUT2D eigenvalue weighted by Crippen LogP contribution is -2.01. The number of halogens is 4. The average molecular weight is 428 g/mol.